The molecule has 0 bridgehead atoms. The number of halogens is 2. The molecule has 2 aromatic rings. The molecule has 104 valence electrons. The normalized spacial score (nSPS) is 10.3. The van der Waals surface area contributed by atoms with Crippen LogP contribution >= 0.6 is 15.9 Å². The Hall–Kier alpha value is -1.95. The van der Waals surface area contributed by atoms with E-state index in [-0.39, 0.29) is 5.82 Å². The van der Waals surface area contributed by atoms with Crippen molar-refractivity contribution in [3.8, 4) is 0 Å². The van der Waals surface area contributed by atoms with Crippen LogP contribution in [0.25, 0.3) is 0 Å². The number of pyridine rings is 1. The molecule has 0 aliphatic rings. The molecule has 0 atom stereocenters. The molecule has 1 aromatic carbocycles. The van der Waals surface area contributed by atoms with Gasteiger partial charge in [0.15, 0.2) is 0 Å². The van der Waals surface area contributed by atoms with E-state index in [1.54, 1.807) is 36.3 Å². The lowest BCUT2D eigenvalue weighted by Crippen LogP contribution is -2.22. The average molecular weight is 338 g/mol. The van der Waals surface area contributed by atoms with E-state index in [0.717, 1.165) is 4.47 Å². The highest BCUT2D eigenvalue weighted by molar-refractivity contribution is 9.10. The molecular weight excluding hydrogens is 325 g/mol. The largest absolute Gasteiger partial charge is 0.369 e. The number of hydrogen-bond acceptors (Lipinski definition) is 3. The van der Waals surface area contributed by atoms with Crippen molar-refractivity contribution in [1.82, 2.24) is 4.98 Å². The van der Waals surface area contributed by atoms with Gasteiger partial charge in [-0.25, -0.2) is 4.39 Å². The van der Waals surface area contributed by atoms with Gasteiger partial charge in [0.1, 0.15) is 5.82 Å². The molecule has 20 heavy (non-hydrogen) atoms. The van der Waals surface area contributed by atoms with Crippen molar-refractivity contribution in [2.24, 2.45) is 5.73 Å². The minimum atomic E-state index is -0.560. The standard InChI is InChI=1S/C14H13BrFN3O/c1-19(8-9-6-10(15)2-3-12(9)16)13-4-5-18-7-11(13)14(17)20/h2-7H,8H2,1H3,(H2,17,20). The van der Waals surface area contributed by atoms with Gasteiger partial charge < -0.3 is 10.6 Å². The van der Waals surface area contributed by atoms with Gasteiger partial charge in [-0.05, 0) is 24.3 Å². The third kappa shape index (κ3) is 3.14. The Morgan fingerprint density at radius 2 is 2.20 bits per heavy atom. The number of aromatic nitrogens is 1. The second kappa shape index (κ2) is 6.00. The van der Waals surface area contributed by atoms with Crippen LogP contribution in [0.1, 0.15) is 15.9 Å². The number of benzene rings is 1. The number of nitrogens with two attached hydrogens (primary N) is 1. The van der Waals surface area contributed by atoms with Gasteiger partial charge >= 0.3 is 0 Å². The number of anilines is 1. The topological polar surface area (TPSA) is 59.2 Å². The summed E-state index contributed by atoms with van der Waals surface area (Å²) in [5.41, 5.74) is 6.76. The number of amides is 1. The highest BCUT2D eigenvalue weighted by atomic mass is 79.9. The van der Waals surface area contributed by atoms with Gasteiger partial charge in [-0.3, -0.25) is 9.78 Å². The maximum Gasteiger partial charge on any atom is 0.252 e. The smallest absolute Gasteiger partial charge is 0.252 e. The molecule has 0 saturated heterocycles. The Morgan fingerprint density at radius 1 is 1.45 bits per heavy atom. The summed E-state index contributed by atoms with van der Waals surface area (Å²) in [7, 11) is 1.77. The van der Waals surface area contributed by atoms with Gasteiger partial charge in [0.2, 0.25) is 0 Å². The van der Waals surface area contributed by atoms with Crippen LogP contribution in [0, 0.1) is 5.82 Å². The van der Waals surface area contributed by atoms with Crippen molar-refractivity contribution in [3.63, 3.8) is 0 Å². The number of primary amides is 1. The van der Waals surface area contributed by atoms with Crippen molar-refractivity contribution in [1.29, 1.82) is 0 Å². The Balaban J connectivity index is 2.31. The molecule has 2 rings (SSSR count). The highest BCUT2D eigenvalue weighted by Gasteiger charge is 2.13. The lowest BCUT2D eigenvalue weighted by molar-refractivity contribution is 0.100. The van der Waals surface area contributed by atoms with Crippen molar-refractivity contribution in [3.05, 3.63) is 58.1 Å². The van der Waals surface area contributed by atoms with Gasteiger partial charge in [-0.1, -0.05) is 15.9 Å². The van der Waals surface area contributed by atoms with Gasteiger partial charge in [-0.15, -0.1) is 0 Å². The molecule has 0 aliphatic carbocycles. The molecule has 0 spiro atoms. The van der Waals surface area contributed by atoms with Gasteiger partial charge in [0.05, 0.1) is 11.3 Å². The first-order chi connectivity index (χ1) is 9.49. The molecule has 0 aliphatic heterocycles. The zero-order valence-electron chi connectivity index (χ0n) is 10.8. The summed E-state index contributed by atoms with van der Waals surface area (Å²) in [5, 5.41) is 0. The molecule has 0 radical (unpaired) electrons. The lowest BCUT2D eigenvalue weighted by Gasteiger charge is -2.21. The van der Waals surface area contributed by atoms with Crippen LogP contribution in [0.5, 0.6) is 0 Å². The Labute approximate surface area is 124 Å². The van der Waals surface area contributed by atoms with Crippen molar-refractivity contribution in [2.75, 3.05) is 11.9 Å². The number of carbonyl (C=O) groups is 1. The van der Waals surface area contributed by atoms with E-state index in [9.17, 15) is 9.18 Å². The molecule has 0 unspecified atom stereocenters. The Bertz CT molecular complexity index is 648. The van der Waals surface area contributed by atoms with E-state index in [2.05, 4.69) is 20.9 Å². The number of rotatable bonds is 4. The average Bonchev–Trinajstić information content (AvgIpc) is 2.42. The molecule has 1 amide bonds. The predicted molar refractivity (Wildman–Crippen MR) is 79.0 cm³/mol. The van der Waals surface area contributed by atoms with Gasteiger partial charge in [0.25, 0.3) is 5.91 Å². The van der Waals surface area contributed by atoms with Gasteiger partial charge in [0, 0.05) is 36.0 Å². The molecule has 4 nitrogen and oxygen atoms in total. The third-order valence-corrected chi connectivity index (χ3v) is 3.38. The summed E-state index contributed by atoms with van der Waals surface area (Å²) in [6, 6.07) is 6.42. The van der Waals surface area contributed by atoms with Crippen LogP contribution in [0.4, 0.5) is 10.1 Å². The molecule has 1 heterocycles. The van der Waals surface area contributed by atoms with E-state index < -0.39 is 5.91 Å². The molecule has 0 saturated carbocycles. The quantitative estimate of drug-likeness (QED) is 0.933. The molecule has 2 N–H and O–H groups in total. The fraction of sp³-hybridized carbons (Fsp3) is 0.143. The van der Waals surface area contributed by atoms with Crippen molar-refractivity contribution < 1.29 is 9.18 Å². The maximum absolute atomic E-state index is 13.8. The first-order valence-corrected chi connectivity index (χ1v) is 6.67. The zero-order chi connectivity index (χ0) is 14.7. The maximum atomic E-state index is 13.8. The molecular formula is C14H13BrFN3O. The summed E-state index contributed by atoms with van der Waals surface area (Å²) in [5.74, 6) is -0.857. The SMILES string of the molecule is CN(Cc1cc(Br)ccc1F)c1ccncc1C(N)=O. The molecule has 1 aromatic heterocycles. The van der Waals surface area contributed by atoms with Crippen molar-refractivity contribution >= 4 is 27.5 Å². The fourth-order valence-corrected chi connectivity index (χ4v) is 2.32. The summed E-state index contributed by atoms with van der Waals surface area (Å²) in [6.45, 7) is 0.315. The minimum absolute atomic E-state index is 0.297. The van der Waals surface area contributed by atoms with Crippen LogP contribution in [-0.4, -0.2) is 17.9 Å². The predicted octanol–water partition coefficient (Wildman–Crippen LogP) is 2.72. The Kier molecular flexibility index (Phi) is 4.34. The van der Waals surface area contributed by atoms with Crippen LogP contribution in [0.3, 0.4) is 0 Å². The zero-order valence-corrected chi connectivity index (χ0v) is 12.4. The van der Waals surface area contributed by atoms with Crippen LogP contribution in [0.2, 0.25) is 0 Å². The second-order valence-corrected chi connectivity index (χ2v) is 5.26. The summed E-state index contributed by atoms with van der Waals surface area (Å²) < 4.78 is 14.6. The monoisotopic (exact) mass is 337 g/mol. The minimum Gasteiger partial charge on any atom is -0.369 e. The first-order valence-electron chi connectivity index (χ1n) is 5.88. The van der Waals surface area contributed by atoms with Crippen molar-refractivity contribution in [2.45, 2.75) is 6.54 Å². The Morgan fingerprint density at radius 3 is 2.90 bits per heavy atom. The van der Waals surface area contributed by atoms with E-state index in [4.69, 9.17) is 5.73 Å². The van der Waals surface area contributed by atoms with E-state index in [0.29, 0.717) is 23.4 Å². The van der Waals surface area contributed by atoms with Gasteiger partial charge in [-0.2, -0.15) is 0 Å². The fourth-order valence-electron chi connectivity index (χ4n) is 1.91. The summed E-state index contributed by atoms with van der Waals surface area (Å²) >= 11 is 3.31. The molecule has 0 fully saturated rings. The number of nitrogens with zero attached hydrogens (tertiary/aromatic N) is 2. The van der Waals surface area contributed by atoms with E-state index in [1.165, 1.54) is 12.3 Å². The first kappa shape index (κ1) is 14.5. The second-order valence-electron chi connectivity index (χ2n) is 4.35. The highest BCUT2D eigenvalue weighted by Crippen LogP contribution is 2.22. The van der Waals surface area contributed by atoms with Crippen LogP contribution in [0.15, 0.2) is 41.1 Å². The number of hydrogen-bond donors (Lipinski definition) is 1. The molecule has 6 heteroatoms. The van der Waals surface area contributed by atoms with Crippen LogP contribution in [-0.2, 0) is 6.54 Å². The summed E-state index contributed by atoms with van der Waals surface area (Å²) in [4.78, 5) is 17.0. The number of carbonyl (C=O) groups excluding carboxylic acids is 1. The lowest BCUT2D eigenvalue weighted by atomic mass is 10.1. The van der Waals surface area contributed by atoms with Crippen LogP contribution < -0.4 is 10.6 Å². The summed E-state index contributed by atoms with van der Waals surface area (Å²) in [6.07, 6.45) is 2.97. The van der Waals surface area contributed by atoms with E-state index in [1.807, 2.05) is 0 Å². The third-order valence-electron chi connectivity index (χ3n) is 2.89. The van der Waals surface area contributed by atoms with E-state index >= 15 is 0 Å².